The summed E-state index contributed by atoms with van der Waals surface area (Å²) in [7, 11) is -3.34. The molecule has 0 spiro atoms. The van der Waals surface area contributed by atoms with Crippen LogP contribution < -0.4 is 0 Å². The Hall–Kier alpha value is 0.830. The van der Waals surface area contributed by atoms with E-state index in [4.69, 9.17) is 0 Å². The lowest BCUT2D eigenvalue weighted by molar-refractivity contribution is -0.115. The van der Waals surface area contributed by atoms with Crippen LogP contribution in [0.4, 0.5) is 0 Å². The molecule has 0 bridgehead atoms. The smallest absolute Gasteiger partial charge is 0.234 e. The van der Waals surface area contributed by atoms with E-state index in [2.05, 4.69) is 15.9 Å². The van der Waals surface area contributed by atoms with E-state index in [9.17, 15) is 13.2 Å². The maximum Gasteiger partial charge on any atom is 0.234 e. The molecule has 3 nitrogen and oxygen atoms in total. The van der Waals surface area contributed by atoms with Crippen molar-refractivity contribution in [3.63, 3.8) is 0 Å². The van der Waals surface area contributed by atoms with Gasteiger partial charge in [0.25, 0.3) is 0 Å². The van der Waals surface area contributed by atoms with Gasteiger partial charge in [0.15, 0.2) is 15.6 Å². The number of ketones is 1. The number of carbonyl (C=O) groups is 1. The lowest BCUT2D eigenvalue weighted by Crippen LogP contribution is -2.33. The molecule has 0 heterocycles. The van der Waals surface area contributed by atoms with E-state index < -0.39 is 17.3 Å². The van der Waals surface area contributed by atoms with E-state index >= 15 is 0 Å². The molecular weight excluding hydrogens is 347 g/mol. The third-order valence-electron chi connectivity index (χ3n) is 1.18. The van der Waals surface area contributed by atoms with Gasteiger partial charge in [0.05, 0.1) is 5.75 Å². The zero-order valence-electron chi connectivity index (χ0n) is 6.10. The molecule has 0 radical (unpaired) electrons. The Morgan fingerprint density at radius 2 is 2.00 bits per heavy atom. The summed E-state index contributed by atoms with van der Waals surface area (Å²) < 4.78 is 20.9. The molecule has 0 rings (SSSR count). The molecule has 1 atom stereocenters. The summed E-state index contributed by atoms with van der Waals surface area (Å²) in [6.07, 6.45) is 0. The standard InChI is InChI=1S/C5H8BrIO3S/c1-3-11(9,10)5(6,7)4(2)8/h3H2,1-2H3/t5-/m0/s1. The number of alkyl halides is 2. The van der Waals surface area contributed by atoms with Crippen molar-refractivity contribution in [2.75, 3.05) is 5.75 Å². The van der Waals surface area contributed by atoms with E-state index in [0.29, 0.717) is 0 Å². The SMILES string of the molecule is CCS(=O)(=O)[C@@](Br)(I)C(C)=O. The minimum atomic E-state index is -3.34. The fourth-order valence-electron chi connectivity index (χ4n) is 0.400. The van der Waals surface area contributed by atoms with Crippen molar-refractivity contribution in [2.45, 2.75) is 15.5 Å². The Morgan fingerprint density at radius 3 is 2.09 bits per heavy atom. The molecule has 66 valence electrons. The number of hydrogen-bond donors (Lipinski definition) is 0. The summed E-state index contributed by atoms with van der Waals surface area (Å²) in [6, 6.07) is 0. The first-order valence-electron chi connectivity index (χ1n) is 2.87. The zero-order valence-corrected chi connectivity index (χ0v) is 10.7. The monoisotopic (exact) mass is 354 g/mol. The highest BCUT2D eigenvalue weighted by Gasteiger charge is 2.41. The van der Waals surface area contributed by atoms with Crippen LogP contribution in [-0.4, -0.2) is 21.6 Å². The molecule has 0 N–H and O–H groups in total. The Bertz CT molecular complexity index is 257. The summed E-state index contributed by atoms with van der Waals surface area (Å²) in [4.78, 5) is 10.8. The topological polar surface area (TPSA) is 51.2 Å². The van der Waals surface area contributed by atoms with Crippen molar-refractivity contribution < 1.29 is 13.2 Å². The quantitative estimate of drug-likeness (QED) is 0.570. The number of hydrogen-bond acceptors (Lipinski definition) is 3. The lowest BCUT2D eigenvalue weighted by Gasteiger charge is -2.15. The van der Waals surface area contributed by atoms with Crippen molar-refractivity contribution >= 4 is 54.1 Å². The van der Waals surface area contributed by atoms with Gasteiger partial charge in [0.2, 0.25) is 1.66 Å². The molecule has 0 amide bonds. The molecule has 0 unspecified atom stereocenters. The van der Waals surface area contributed by atoms with Gasteiger partial charge in [0.1, 0.15) is 0 Å². The summed E-state index contributed by atoms with van der Waals surface area (Å²) in [6.45, 7) is 2.75. The highest BCUT2D eigenvalue weighted by molar-refractivity contribution is 14.1. The molecule has 6 heteroatoms. The Morgan fingerprint density at radius 1 is 1.64 bits per heavy atom. The van der Waals surface area contributed by atoms with E-state index in [1.165, 1.54) is 13.8 Å². The fraction of sp³-hybridized carbons (Fsp3) is 0.800. The van der Waals surface area contributed by atoms with E-state index in [0.717, 1.165) is 0 Å². The Labute approximate surface area is 88.1 Å². The van der Waals surface area contributed by atoms with Gasteiger partial charge in [0, 0.05) is 0 Å². The highest BCUT2D eigenvalue weighted by atomic mass is 127. The molecule has 0 aromatic carbocycles. The number of sulfone groups is 1. The van der Waals surface area contributed by atoms with Gasteiger partial charge in [-0.3, -0.25) is 4.79 Å². The third kappa shape index (κ3) is 2.38. The number of carbonyl (C=O) groups excluding carboxylic acids is 1. The van der Waals surface area contributed by atoms with E-state index in [1.54, 1.807) is 22.6 Å². The third-order valence-corrected chi connectivity index (χ3v) is 7.82. The average molecular weight is 355 g/mol. The van der Waals surface area contributed by atoms with Crippen LogP contribution in [0.1, 0.15) is 13.8 Å². The van der Waals surface area contributed by atoms with Gasteiger partial charge in [-0.25, -0.2) is 8.42 Å². The summed E-state index contributed by atoms with van der Waals surface area (Å²) >= 11 is 4.46. The van der Waals surface area contributed by atoms with Crippen LogP contribution in [0.25, 0.3) is 0 Å². The second-order valence-electron chi connectivity index (χ2n) is 1.98. The number of Topliss-reactive ketones (excluding diaryl/α,β-unsaturated/α-hetero) is 1. The summed E-state index contributed by atoms with van der Waals surface area (Å²) in [5.41, 5.74) is 0. The van der Waals surface area contributed by atoms with Crippen LogP contribution in [-0.2, 0) is 14.6 Å². The van der Waals surface area contributed by atoms with Crippen molar-refractivity contribution in [3.05, 3.63) is 0 Å². The second kappa shape index (κ2) is 3.69. The molecule has 0 aromatic rings. The van der Waals surface area contributed by atoms with Crippen LogP contribution in [0.3, 0.4) is 0 Å². The van der Waals surface area contributed by atoms with Crippen molar-refractivity contribution in [1.29, 1.82) is 0 Å². The fourth-order valence-corrected chi connectivity index (χ4v) is 2.82. The van der Waals surface area contributed by atoms with Crippen LogP contribution in [0.15, 0.2) is 0 Å². The highest BCUT2D eigenvalue weighted by Crippen LogP contribution is 2.34. The molecule has 0 aliphatic carbocycles. The predicted octanol–water partition coefficient (Wildman–Crippen LogP) is 1.49. The predicted molar refractivity (Wildman–Crippen MR) is 55.8 cm³/mol. The molecular formula is C5H8BrIO3S. The van der Waals surface area contributed by atoms with Crippen molar-refractivity contribution in [2.24, 2.45) is 0 Å². The molecule has 0 fully saturated rings. The number of rotatable bonds is 3. The maximum absolute atomic E-state index is 11.2. The molecule has 0 aliphatic heterocycles. The average Bonchev–Trinajstić information content (AvgIpc) is 1.87. The van der Waals surface area contributed by atoms with Gasteiger partial charge < -0.3 is 0 Å². The minimum absolute atomic E-state index is 0.0409. The molecule has 0 saturated carbocycles. The first-order valence-corrected chi connectivity index (χ1v) is 6.39. The molecule has 11 heavy (non-hydrogen) atoms. The van der Waals surface area contributed by atoms with Crippen molar-refractivity contribution in [3.8, 4) is 0 Å². The van der Waals surface area contributed by atoms with Crippen molar-refractivity contribution in [1.82, 2.24) is 0 Å². The second-order valence-corrected chi connectivity index (χ2v) is 9.94. The van der Waals surface area contributed by atoms with Crippen LogP contribution in [0, 0.1) is 0 Å². The van der Waals surface area contributed by atoms with Gasteiger partial charge in [-0.2, -0.15) is 0 Å². The summed E-state index contributed by atoms with van der Waals surface area (Å²) in [5.74, 6) is -0.444. The van der Waals surface area contributed by atoms with Gasteiger partial charge in [-0.1, -0.05) is 6.92 Å². The van der Waals surface area contributed by atoms with Crippen LogP contribution in [0.2, 0.25) is 0 Å². The summed E-state index contributed by atoms with van der Waals surface area (Å²) in [5, 5.41) is 0. The largest absolute Gasteiger partial charge is 0.296 e. The van der Waals surface area contributed by atoms with Gasteiger partial charge >= 0.3 is 0 Å². The van der Waals surface area contributed by atoms with Gasteiger partial charge in [-0.05, 0) is 45.4 Å². The minimum Gasteiger partial charge on any atom is -0.296 e. The van der Waals surface area contributed by atoms with Crippen LogP contribution >= 0.6 is 38.5 Å². The Kier molecular flexibility index (Phi) is 3.97. The number of halogens is 2. The normalized spacial score (nSPS) is 17.5. The molecule has 0 aromatic heterocycles. The van der Waals surface area contributed by atoms with Crippen LogP contribution in [0.5, 0.6) is 0 Å². The molecule has 0 aliphatic rings. The zero-order chi connectivity index (χ0) is 9.28. The maximum atomic E-state index is 11.2. The lowest BCUT2D eigenvalue weighted by atomic mass is 10.5. The first-order chi connectivity index (χ1) is 4.75. The first kappa shape index (κ1) is 11.8. The van der Waals surface area contributed by atoms with E-state index in [-0.39, 0.29) is 5.75 Å². The van der Waals surface area contributed by atoms with E-state index in [1.807, 2.05) is 0 Å². The van der Waals surface area contributed by atoms with Gasteiger partial charge in [-0.15, -0.1) is 0 Å². The molecule has 0 saturated heterocycles. The Balaban J connectivity index is 5.01.